The van der Waals surface area contributed by atoms with Gasteiger partial charge in [-0.25, -0.2) is 9.97 Å². The van der Waals surface area contributed by atoms with Crippen molar-refractivity contribution in [2.75, 3.05) is 18.0 Å². The molecule has 5 heteroatoms. The van der Waals surface area contributed by atoms with E-state index in [0.29, 0.717) is 0 Å². The van der Waals surface area contributed by atoms with Gasteiger partial charge in [-0.1, -0.05) is 60.7 Å². The van der Waals surface area contributed by atoms with Gasteiger partial charge >= 0.3 is 0 Å². The van der Waals surface area contributed by atoms with E-state index in [2.05, 4.69) is 75.6 Å². The minimum absolute atomic E-state index is 0.00205. The molecule has 1 amide bonds. The summed E-state index contributed by atoms with van der Waals surface area (Å²) in [6.45, 7) is 3.71. The predicted molar refractivity (Wildman–Crippen MR) is 119 cm³/mol. The molecule has 1 aliphatic rings. The van der Waals surface area contributed by atoms with Crippen LogP contribution in [0.1, 0.15) is 36.8 Å². The fourth-order valence-corrected chi connectivity index (χ4v) is 4.31. The molecule has 0 bridgehead atoms. The zero-order valence-electron chi connectivity index (χ0n) is 17.3. The Kier molecular flexibility index (Phi) is 6.38. The molecule has 1 atom stereocenters. The van der Waals surface area contributed by atoms with E-state index in [1.807, 2.05) is 18.2 Å². The van der Waals surface area contributed by atoms with Crippen LogP contribution in [0, 0.1) is 5.92 Å². The van der Waals surface area contributed by atoms with Crippen LogP contribution in [0.25, 0.3) is 0 Å². The molecule has 0 aliphatic carbocycles. The molecule has 0 saturated carbocycles. The molecule has 1 saturated heterocycles. The van der Waals surface area contributed by atoms with E-state index in [1.54, 1.807) is 12.4 Å². The van der Waals surface area contributed by atoms with Gasteiger partial charge in [0.05, 0.1) is 0 Å². The summed E-state index contributed by atoms with van der Waals surface area (Å²) in [4.78, 5) is 23.9. The molecule has 0 spiro atoms. The molecule has 2 aromatic carbocycles. The van der Waals surface area contributed by atoms with Crippen LogP contribution in [0.5, 0.6) is 0 Å². The van der Waals surface area contributed by atoms with Crippen molar-refractivity contribution in [2.24, 2.45) is 5.92 Å². The normalized spacial score (nSPS) is 15.7. The molecule has 2 heterocycles. The smallest absolute Gasteiger partial charge is 0.225 e. The summed E-state index contributed by atoms with van der Waals surface area (Å²) < 4.78 is 0. The Morgan fingerprint density at radius 1 is 0.900 bits per heavy atom. The van der Waals surface area contributed by atoms with Crippen LogP contribution in [0.4, 0.5) is 5.95 Å². The highest BCUT2D eigenvalue weighted by Crippen LogP contribution is 2.29. The van der Waals surface area contributed by atoms with E-state index >= 15 is 0 Å². The van der Waals surface area contributed by atoms with Crippen LogP contribution >= 0.6 is 0 Å². The fourth-order valence-electron chi connectivity index (χ4n) is 4.31. The number of hydrogen-bond acceptors (Lipinski definition) is 4. The van der Waals surface area contributed by atoms with Crippen LogP contribution in [0.3, 0.4) is 0 Å². The quantitative estimate of drug-likeness (QED) is 0.679. The number of piperidine rings is 1. The number of benzene rings is 2. The Labute approximate surface area is 178 Å². The number of nitrogens with one attached hydrogen (secondary N) is 1. The van der Waals surface area contributed by atoms with Crippen LogP contribution in [-0.2, 0) is 4.79 Å². The third kappa shape index (κ3) is 4.67. The number of rotatable bonds is 6. The molecule has 1 aromatic heterocycles. The SMILES string of the molecule is C[C@H](NC(=O)C1CCN(c2ncccn2)CC1)C(c1ccccc1)c1ccccc1. The van der Waals surface area contributed by atoms with Crippen LogP contribution < -0.4 is 10.2 Å². The lowest BCUT2D eigenvalue weighted by Gasteiger charge is -2.33. The van der Waals surface area contributed by atoms with E-state index < -0.39 is 0 Å². The Balaban J connectivity index is 1.42. The summed E-state index contributed by atoms with van der Waals surface area (Å²) in [7, 11) is 0. The zero-order chi connectivity index (χ0) is 20.8. The molecule has 1 fully saturated rings. The van der Waals surface area contributed by atoms with Crippen LogP contribution in [0.2, 0.25) is 0 Å². The molecule has 0 unspecified atom stereocenters. The monoisotopic (exact) mass is 400 g/mol. The maximum atomic E-state index is 13.1. The second-order valence-corrected chi connectivity index (χ2v) is 7.91. The Morgan fingerprint density at radius 2 is 1.43 bits per heavy atom. The van der Waals surface area contributed by atoms with E-state index in [0.717, 1.165) is 31.9 Å². The number of carbonyl (C=O) groups is 1. The molecule has 0 radical (unpaired) electrons. The number of amides is 1. The number of carbonyl (C=O) groups excluding carboxylic acids is 1. The van der Waals surface area contributed by atoms with Gasteiger partial charge in [0.15, 0.2) is 0 Å². The predicted octanol–water partition coefficient (Wildman–Crippen LogP) is 4.03. The number of anilines is 1. The second kappa shape index (κ2) is 9.53. The number of aromatic nitrogens is 2. The maximum Gasteiger partial charge on any atom is 0.225 e. The summed E-state index contributed by atoms with van der Waals surface area (Å²) in [5.41, 5.74) is 2.43. The van der Waals surface area contributed by atoms with E-state index in [9.17, 15) is 4.79 Å². The number of hydrogen-bond donors (Lipinski definition) is 1. The Bertz CT molecular complexity index is 886. The molecular weight excluding hydrogens is 372 g/mol. The first-order chi connectivity index (χ1) is 14.7. The largest absolute Gasteiger partial charge is 0.352 e. The first kappa shape index (κ1) is 20.1. The van der Waals surface area contributed by atoms with Crippen molar-refractivity contribution in [2.45, 2.75) is 31.7 Å². The highest BCUT2D eigenvalue weighted by molar-refractivity contribution is 5.79. The molecule has 154 valence electrons. The Hall–Kier alpha value is -3.21. The van der Waals surface area contributed by atoms with E-state index in [-0.39, 0.29) is 23.8 Å². The first-order valence-electron chi connectivity index (χ1n) is 10.6. The van der Waals surface area contributed by atoms with Crippen LogP contribution in [-0.4, -0.2) is 35.0 Å². The van der Waals surface area contributed by atoms with Gasteiger partial charge < -0.3 is 10.2 Å². The Morgan fingerprint density at radius 3 is 1.97 bits per heavy atom. The third-order valence-electron chi connectivity index (χ3n) is 5.89. The molecule has 1 aliphatic heterocycles. The molecule has 30 heavy (non-hydrogen) atoms. The maximum absolute atomic E-state index is 13.1. The standard InChI is InChI=1S/C25H28N4O/c1-19(23(20-9-4-2-5-10-20)21-11-6-3-7-12-21)28-24(30)22-13-17-29(18-14-22)25-26-15-8-16-27-25/h2-12,15-16,19,22-23H,13-14,17-18H2,1H3,(H,28,30)/t19-/m0/s1. The summed E-state index contributed by atoms with van der Waals surface area (Å²) >= 11 is 0. The highest BCUT2D eigenvalue weighted by atomic mass is 16.1. The molecule has 1 N–H and O–H groups in total. The molecule has 3 aromatic rings. The first-order valence-corrected chi connectivity index (χ1v) is 10.6. The fraction of sp³-hybridized carbons (Fsp3) is 0.320. The molecule has 4 rings (SSSR count). The van der Waals surface area contributed by atoms with E-state index in [4.69, 9.17) is 0 Å². The summed E-state index contributed by atoms with van der Waals surface area (Å²) in [5, 5.41) is 3.31. The van der Waals surface area contributed by atoms with Gasteiger partial charge in [0, 0.05) is 43.4 Å². The second-order valence-electron chi connectivity index (χ2n) is 7.91. The lowest BCUT2D eigenvalue weighted by atomic mass is 9.85. The average Bonchev–Trinajstić information content (AvgIpc) is 2.81. The molecular formula is C25H28N4O. The van der Waals surface area contributed by atoms with Crippen molar-refractivity contribution < 1.29 is 4.79 Å². The minimum atomic E-state index is -0.00205. The van der Waals surface area contributed by atoms with Gasteiger partial charge in [-0.15, -0.1) is 0 Å². The average molecular weight is 401 g/mol. The van der Waals surface area contributed by atoms with E-state index in [1.165, 1.54) is 11.1 Å². The summed E-state index contributed by atoms with van der Waals surface area (Å²) in [6.07, 6.45) is 5.16. The van der Waals surface area contributed by atoms with Crippen LogP contribution in [0.15, 0.2) is 79.1 Å². The molecule has 5 nitrogen and oxygen atoms in total. The van der Waals surface area contributed by atoms with Crippen molar-refractivity contribution in [1.82, 2.24) is 15.3 Å². The van der Waals surface area contributed by atoms with Crippen molar-refractivity contribution in [3.05, 3.63) is 90.3 Å². The summed E-state index contributed by atoms with van der Waals surface area (Å²) in [6, 6.07) is 22.6. The van der Waals surface area contributed by atoms with Crippen molar-refractivity contribution in [1.29, 1.82) is 0 Å². The van der Waals surface area contributed by atoms with Crippen molar-refractivity contribution in [3.63, 3.8) is 0 Å². The van der Waals surface area contributed by atoms with Gasteiger partial charge in [-0.3, -0.25) is 4.79 Å². The van der Waals surface area contributed by atoms with Gasteiger partial charge in [0.25, 0.3) is 0 Å². The van der Waals surface area contributed by atoms with Crippen molar-refractivity contribution >= 4 is 11.9 Å². The van der Waals surface area contributed by atoms with Gasteiger partial charge in [0.2, 0.25) is 11.9 Å². The van der Waals surface area contributed by atoms with Gasteiger partial charge in [0.1, 0.15) is 0 Å². The van der Waals surface area contributed by atoms with Crippen molar-refractivity contribution in [3.8, 4) is 0 Å². The zero-order valence-corrected chi connectivity index (χ0v) is 17.3. The van der Waals surface area contributed by atoms with Gasteiger partial charge in [-0.05, 0) is 37.0 Å². The van der Waals surface area contributed by atoms with Gasteiger partial charge in [-0.2, -0.15) is 0 Å². The summed E-state index contributed by atoms with van der Waals surface area (Å²) in [5.74, 6) is 1.04. The topological polar surface area (TPSA) is 58.1 Å². The lowest BCUT2D eigenvalue weighted by molar-refractivity contribution is -0.126. The third-order valence-corrected chi connectivity index (χ3v) is 5.89. The minimum Gasteiger partial charge on any atom is -0.352 e. The lowest BCUT2D eigenvalue weighted by Crippen LogP contribution is -2.45. The highest BCUT2D eigenvalue weighted by Gasteiger charge is 2.29. The number of nitrogens with zero attached hydrogens (tertiary/aromatic N) is 3.